The molecular formula is C19H23NO7S. The van der Waals surface area contributed by atoms with E-state index in [1.165, 1.54) is 12.1 Å². The number of fused-ring (bicyclic) bond motifs is 1. The van der Waals surface area contributed by atoms with Gasteiger partial charge in [0, 0.05) is 18.3 Å². The second kappa shape index (κ2) is 8.94. The Hall–Kier alpha value is -2.78. The standard InChI is InChI=1S/C12H15NO4.C7H8O3S/c1-16-10-4-7-3-8(12(14)15)6-13-9(7)5-11(10)17-2;1-6-2-4-7(5-3-6)11(8,9)10/h4-5,8,13H,3,6H2,1-2H3,(H,14,15);2-5H,1H3,(H,8,9,10)/t8-;/m0./s1. The zero-order chi connectivity index (χ0) is 20.9. The van der Waals surface area contributed by atoms with E-state index < -0.39 is 16.1 Å². The van der Waals surface area contributed by atoms with Crippen molar-refractivity contribution >= 4 is 21.8 Å². The van der Waals surface area contributed by atoms with Crippen LogP contribution in [0.5, 0.6) is 11.5 Å². The summed E-state index contributed by atoms with van der Waals surface area (Å²) in [5, 5.41) is 12.1. The third-order valence-corrected chi connectivity index (χ3v) is 5.15. The first-order chi connectivity index (χ1) is 13.2. The molecular weight excluding hydrogens is 386 g/mol. The van der Waals surface area contributed by atoms with E-state index in [0.29, 0.717) is 24.5 Å². The van der Waals surface area contributed by atoms with E-state index in [9.17, 15) is 13.2 Å². The molecule has 0 saturated heterocycles. The molecule has 0 bridgehead atoms. The summed E-state index contributed by atoms with van der Waals surface area (Å²) in [6.07, 6.45) is 0.512. The molecule has 8 nitrogen and oxygen atoms in total. The molecule has 0 unspecified atom stereocenters. The fraction of sp³-hybridized carbons (Fsp3) is 0.316. The van der Waals surface area contributed by atoms with Crippen molar-refractivity contribution in [1.29, 1.82) is 0 Å². The van der Waals surface area contributed by atoms with Gasteiger partial charge in [0.2, 0.25) is 0 Å². The van der Waals surface area contributed by atoms with Gasteiger partial charge in [-0.15, -0.1) is 0 Å². The molecule has 152 valence electrons. The van der Waals surface area contributed by atoms with Gasteiger partial charge in [0.15, 0.2) is 11.5 Å². The Balaban J connectivity index is 0.000000221. The van der Waals surface area contributed by atoms with Crippen LogP contribution in [0, 0.1) is 12.8 Å². The Morgan fingerprint density at radius 2 is 1.68 bits per heavy atom. The van der Waals surface area contributed by atoms with Gasteiger partial charge in [0.1, 0.15) is 0 Å². The molecule has 3 rings (SSSR count). The number of carbonyl (C=O) groups is 1. The molecule has 0 aliphatic carbocycles. The number of hydrogen-bond donors (Lipinski definition) is 3. The molecule has 9 heteroatoms. The van der Waals surface area contributed by atoms with Gasteiger partial charge in [-0.05, 0) is 37.1 Å². The zero-order valence-electron chi connectivity index (χ0n) is 15.8. The van der Waals surface area contributed by atoms with Crippen molar-refractivity contribution in [2.45, 2.75) is 18.2 Å². The molecule has 2 aromatic rings. The molecule has 2 aromatic carbocycles. The predicted octanol–water partition coefficient (Wildman–Crippen LogP) is 2.61. The molecule has 0 spiro atoms. The summed E-state index contributed by atoms with van der Waals surface area (Å²) in [6.45, 7) is 2.28. The molecule has 0 radical (unpaired) electrons. The van der Waals surface area contributed by atoms with Crippen LogP contribution in [0.1, 0.15) is 11.1 Å². The highest BCUT2D eigenvalue weighted by Crippen LogP contribution is 2.36. The monoisotopic (exact) mass is 409 g/mol. The van der Waals surface area contributed by atoms with Gasteiger partial charge in [-0.2, -0.15) is 8.42 Å². The lowest BCUT2D eigenvalue weighted by atomic mass is 9.94. The van der Waals surface area contributed by atoms with Crippen LogP contribution in [-0.2, 0) is 21.3 Å². The Bertz CT molecular complexity index is 939. The SMILES string of the molecule is COc1cc2c(cc1OC)NC[C@@H](C(=O)O)C2.Cc1ccc(S(=O)(=O)O)cc1. The minimum absolute atomic E-state index is 0.0666. The summed E-state index contributed by atoms with van der Waals surface area (Å²) in [5.41, 5.74) is 2.82. The van der Waals surface area contributed by atoms with Crippen LogP contribution >= 0.6 is 0 Å². The first kappa shape index (κ1) is 21.5. The van der Waals surface area contributed by atoms with E-state index in [0.717, 1.165) is 16.8 Å². The minimum atomic E-state index is -4.02. The van der Waals surface area contributed by atoms with Crippen LogP contribution in [0.4, 0.5) is 5.69 Å². The van der Waals surface area contributed by atoms with Crippen LogP contribution in [0.15, 0.2) is 41.3 Å². The Labute approximate surface area is 163 Å². The maximum atomic E-state index is 10.9. The lowest BCUT2D eigenvalue weighted by molar-refractivity contribution is -0.141. The molecule has 0 amide bonds. The number of benzene rings is 2. The largest absolute Gasteiger partial charge is 0.493 e. The summed E-state index contributed by atoms with van der Waals surface area (Å²) >= 11 is 0. The van der Waals surface area contributed by atoms with E-state index >= 15 is 0 Å². The number of aryl methyl sites for hydroxylation is 1. The molecule has 0 saturated carbocycles. The fourth-order valence-electron chi connectivity index (χ4n) is 2.71. The fourth-order valence-corrected chi connectivity index (χ4v) is 3.19. The number of ether oxygens (including phenoxy) is 2. The third kappa shape index (κ3) is 5.37. The zero-order valence-corrected chi connectivity index (χ0v) is 16.6. The van der Waals surface area contributed by atoms with E-state index in [2.05, 4.69) is 5.32 Å². The first-order valence-electron chi connectivity index (χ1n) is 8.41. The van der Waals surface area contributed by atoms with Gasteiger partial charge in [0.25, 0.3) is 10.1 Å². The predicted molar refractivity (Wildman–Crippen MR) is 104 cm³/mol. The van der Waals surface area contributed by atoms with Crippen molar-refractivity contribution in [3.63, 3.8) is 0 Å². The highest BCUT2D eigenvalue weighted by atomic mass is 32.2. The normalized spacial score (nSPS) is 15.4. The van der Waals surface area contributed by atoms with Crippen LogP contribution in [0.3, 0.4) is 0 Å². The van der Waals surface area contributed by atoms with Gasteiger partial charge in [0.05, 0.1) is 25.0 Å². The van der Waals surface area contributed by atoms with Crippen molar-refractivity contribution < 1.29 is 32.3 Å². The molecule has 1 aliphatic rings. The van der Waals surface area contributed by atoms with E-state index in [1.807, 2.05) is 19.1 Å². The molecule has 3 N–H and O–H groups in total. The second-order valence-electron chi connectivity index (χ2n) is 6.27. The smallest absolute Gasteiger partial charge is 0.308 e. The van der Waals surface area contributed by atoms with Crippen LogP contribution < -0.4 is 14.8 Å². The van der Waals surface area contributed by atoms with Gasteiger partial charge in [-0.25, -0.2) is 0 Å². The average Bonchev–Trinajstić information content (AvgIpc) is 2.66. The van der Waals surface area contributed by atoms with Gasteiger partial charge >= 0.3 is 5.97 Å². The Kier molecular flexibility index (Phi) is 6.87. The maximum absolute atomic E-state index is 10.9. The molecule has 28 heavy (non-hydrogen) atoms. The molecule has 0 fully saturated rings. The summed E-state index contributed by atoms with van der Waals surface area (Å²) in [7, 11) is -0.878. The Morgan fingerprint density at radius 3 is 2.18 bits per heavy atom. The van der Waals surface area contributed by atoms with E-state index in [4.69, 9.17) is 19.1 Å². The van der Waals surface area contributed by atoms with Gasteiger partial charge in [-0.1, -0.05) is 17.7 Å². The number of carboxylic acid groups (broad SMARTS) is 1. The van der Waals surface area contributed by atoms with Gasteiger partial charge < -0.3 is 19.9 Å². The molecule has 1 aliphatic heterocycles. The molecule has 1 atom stereocenters. The summed E-state index contributed by atoms with van der Waals surface area (Å²) in [5.74, 6) is 0.102. The first-order valence-corrected chi connectivity index (χ1v) is 9.85. The Morgan fingerprint density at radius 1 is 1.11 bits per heavy atom. The highest BCUT2D eigenvalue weighted by molar-refractivity contribution is 7.85. The summed E-state index contributed by atoms with van der Waals surface area (Å²) in [6, 6.07) is 9.66. The topological polar surface area (TPSA) is 122 Å². The highest BCUT2D eigenvalue weighted by Gasteiger charge is 2.25. The van der Waals surface area contributed by atoms with Crippen LogP contribution in [-0.4, -0.2) is 44.8 Å². The number of nitrogens with one attached hydrogen (secondary N) is 1. The number of aliphatic carboxylic acids is 1. The van der Waals surface area contributed by atoms with Crippen molar-refractivity contribution in [2.75, 3.05) is 26.1 Å². The number of methoxy groups -OCH3 is 2. The maximum Gasteiger partial charge on any atom is 0.308 e. The molecule has 1 heterocycles. The quantitative estimate of drug-likeness (QED) is 0.659. The van der Waals surface area contributed by atoms with Crippen molar-refractivity contribution in [3.8, 4) is 11.5 Å². The van der Waals surface area contributed by atoms with E-state index in [1.54, 1.807) is 26.4 Å². The van der Waals surface area contributed by atoms with Crippen LogP contribution in [0.25, 0.3) is 0 Å². The van der Waals surface area contributed by atoms with Crippen molar-refractivity contribution in [2.24, 2.45) is 5.92 Å². The lowest BCUT2D eigenvalue weighted by Gasteiger charge is -2.24. The van der Waals surface area contributed by atoms with Crippen LogP contribution in [0.2, 0.25) is 0 Å². The lowest BCUT2D eigenvalue weighted by Crippen LogP contribution is -2.29. The van der Waals surface area contributed by atoms with Crippen molar-refractivity contribution in [1.82, 2.24) is 0 Å². The van der Waals surface area contributed by atoms with Gasteiger partial charge in [-0.3, -0.25) is 9.35 Å². The summed E-state index contributed by atoms with van der Waals surface area (Å²) in [4.78, 5) is 10.9. The van der Waals surface area contributed by atoms with Crippen molar-refractivity contribution in [3.05, 3.63) is 47.5 Å². The minimum Gasteiger partial charge on any atom is -0.493 e. The molecule has 0 aromatic heterocycles. The summed E-state index contributed by atoms with van der Waals surface area (Å²) < 4.78 is 39.9. The number of rotatable bonds is 4. The average molecular weight is 409 g/mol. The number of anilines is 1. The number of hydrogen-bond acceptors (Lipinski definition) is 6. The second-order valence-corrected chi connectivity index (χ2v) is 7.69. The third-order valence-electron chi connectivity index (χ3n) is 4.28. The number of carboxylic acids is 1. The van der Waals surface area contributed by atoms with E-state index in [-0.39, 0.29) is 10.8 Å².